The van der Waals surface area contributed by atoms with Crippen molar-refractivity contribution < 1.29 is 4.74 Å². The average molecular weight is 497 g/mol. The monoisotopic (exact) mass is 496 g/mol. The Kier molecular flexibility index (Phi) is 15.0. The van der Waals surface area contributed by atoms with Gasteiger partial charge in [0.2, 0.25) is 0 Å². The van der Waals surface area contributed by atoms with Crippen LogP contribution in [0, 0.1) is 23.7 Å². The fourth-order valence-electron chi connectivity index (χ4n) is 7.02. The van der Waals surface area contributed by atoms with Gasteiger partial charge in [0.25, 0.3) is 0 Å². The first-order chi connectivity index (χ1) is 17.8. The summed E-state index contributed by atoms with van der Waals surface area (Å²) in [6.45, 7) is 5.51. The Morgan fingerprint density at radius 1 is 0.528 bits per heavy atom. The van der Waals surface area contributed by atoms with E-state index < -0.39 is 0 Å². The van der Waals surface area contributed by atoms with Crippen LogP contribution in [0.4, 0.5) is 0 Å². The van der Waals surface area contributed by atoms with Crippen LogP contribution in [0.3, 0.4) is 0 Å². The van der Waals surface area contributed by atoms with Crippen molar-refractivity contribution in [2.75, 3.05) is 6.61 Å². The van der Waals surface area contributed by atoms with Gasteiger partial charge in [0.1, 0.15) is 5.75 Å². The largest absolute Gasteiger partial charge is 0.494 e. The van der Waals surface area contributed by atoms with Crippen molar-refractivity contribution >= 4 is 0 Å². The fraction of sp³-hybridized carbons (Fsp3) is 0.829. The van der Waals surface area contributed by atoms with Crippen LogP contribution in [0.25, 0.3) is 0 Å². The molecule has 0 saturated heterocycles. The third-order valence-electron chi connectivity index (χ3n) is 9.65. The van der Waals surface area contributed by atoms with Gasteiger partial charge in [0.15, 0.2) is 0 Å². The third-order valence-corrected chi connectivity index (χ3v) is 9.65. The summed E-state index contributed by atoms with van der Waals surface area (Å²) in [4.78, 5) is 0. The van der Waals surface area contributed by atoms with Crippen molar-refractivity contribution in [3.63, 3.8) is 0 Å². The number of hydrogen-bond acceptors (Lipinski definition) is 1. The molecule has 2 aliphatic rings. The molecular weight excluding hydrogens is 436 g/mol. The second kappa shape index (κ2) is 18.3. The van der Waals surface area contributed by atoms with E-state index in [4.69, 9.17) is 4.74 Å². The second-order valence-electron chi connectivity index (χ2n) is 12.6. The van der Waals surface area contributed by atoms with Gasteiger partial charge in [-0.1, -0.05) is 142 Å². The van der Waals surface area contributed by atoms with Crippen molar-refractivity contribution in [3.8, 4) is 5.75 Å². The Balaban J connectivity index is 1.19. The quantitative estimate of drug-likeness (QED) is 0.184. The Bertz CT molecular complexity index is 633. The molecule has 1 aromatic rings. The molecule has 1 nitrogen and oxygen atoms in total. The molecule has 0 aromatic heterocycles. The summed E-state index contributed by atoms with van der Waals surface area (Å²) in [6, 6.07) is 9.06. The molecule has 1 aromatic carbocycles. The lowest BCUT2D eigenvalue weighted by Crippen LogP contribution is -2.15. The van der Waals surface area contributed by atoms with E-state index in [-0.39, 0.29) is 0 Å². The highest BCUT2D eigenvalue weighted by molar-refractivity contribution is 5.27. The molecule has 0 spiro atoms. The number of hydrogen-bond donors (Lipinski definition) is 0. The highest BCUT2D eigenvalue weighted by atomic mass is 16.5. The molecule has 0 radical (unpaired) electrons. The van der Waals surface area contributed by atoms with Gasteiger partial charge < -0.3 is 4.74 Å². The van der Waals surface area contributed by atoms with Crippen LogP contribution in [0.2, 0.25) is 0 Å². The number of ether oxygens (including phenoxy) is 1. The molecule has 3 rings (SSSR count). The predicted octanol–water partition coefficient (Wildman–Crippen LogP) is 11.3. The molecule has 2 fully saturated rings. The molecule has 2 saturated carbocycles. The van der Waals surface area contributed by atoms with Crippen LogP contribution >= 0.6 is 0 Å². The summed E-state index contributed by atoms with van der Waals surface area (Å²) in [5, 5.41) is 0. The van der Waals surface area contributed by atoms with Crippen molar-refractivity contribution in [1.29, 1.82) is 0 Å². The number of unbranched alkanes of at least 4 members (excludes halogenated alkanes) is 6. The zero-order chi connectivity index (χ0) is 25.3. The van der Waals surface area contributed by atoms with E-state index in [1.807, 2.05) is 0 Å². The van der Waals surface area contributed by atoms with Gasteiger partial charge in [-0.2, -0.15) is 0 Å². The number of rotatable bonds is 18. The van der Waals surface area contributed by atoms with Gasteiger partial charge >= 0.3 is 0 Å². The summed E-state index contributed by atoms with van der Waals surface area (Å²) < 4.78 is 6.10. The fourth-order valence-corrected chi connectivity index (χ4v) is 7.02. The van der Waals surface area contributed by atoms with Crippen molar-refractivity contribution in [2.45, 2.75) is 155 Å². The maximum absolute atomic E-state index is 6.10. The van der Waals surface area contributed by atoms with E-state index in [0.717, 1.165) is 36.0 Å². The van der Waals surface area contributed by atoms with Crippen LogP contribution in [0.15, 0.2) is 24.3 Å². The highest BCUT2D eigenvalue weighted by Crippen LogP contribution is 2.35. The predicted molar refractivity (Wildman–Crippen MR) is 158 cm³/mol. The van der Waals surface area contributed by atoms with E-state index in [2.05, 4.69) is 38.1 Å². The Morgan fingerprint density at radius 2 is 0.972 bits per heavy atom. The number of benzene rings is 1. The Labute approximate surface area is 225 Å². The maximum Gasteiger partial charge on any atom is 0.119 e. The summed E-state index contributed by atoms with van der Waals surface area (Å²) in [6.07, 6.45) is 31.4. The zero-order valence-corrected chi connectivity index (χ0v) is 24.3. The van der Waals surface area contributed by atoms with Gasteiger partial charge in [0, 0.05) is 0 Å². The second-order valence-corrected chi connectivity index (χ2v) is 12.6. The smallest absolute Gasteiger partial charge is 0.119 e. The summed E-state index contributed by atoms with van der Waals surface area (Å²) in [7, 11) is 0. The average Bonchev–Trinajstić information content (AvgIpc) is 2.92. The molecule has 0 bridgehead atoms. The molecule has 2 aliphatic carbocycles. The molecule has 1 heteroatoms. The maximum atomic E-state index is 6.10. The van der Waals surface area contributed by atoms with Crippen molar-refractivity contribution in [1.82, 2.24) is 0 Å². The van der Waals surface area contributed by atoms with E-state index in [9.17, 15) is 0 Å². The van der Waals surface area contributed by atoms with Gasteiger partial charge in [-0.15, -0.1) is 0 Å². The first-order valence-electron chi connectivity index (χ1n) is 16.5. The highest BCUT2D eigenvalue weighted by Gasteiger charge is 2.21. The van der Waals surface area contributed by atoms with Crippen LogP contribution in [-0.4, -0.2) is 6.61 Å². The minimum absolute atomic E-state index is 0.887. The van der Waals surface area contributed by atoms with Gasteiger partial charge in [-0.05, 0) is 67.1 Å². The zero-order valence-electron chi connectivity index (χ0n) is 24.3. The van der Waals surface area contributed by atoms with Crippen LogP contribution < -0.4 is 4.74 Å². The minimum atomic E-state index is 0.887. The van der Waals surface area contributed by atoms with Crippen molar-refractivity contribution in [3.05, 3.63) is 29.8 Å². The van der Waals surface area contributed by atoms with Crippen molar-refractivity contribution in [2.24, 2.45) is 23.7 Å². The molecule has 0 atom stereocenters. The molecule has 36 heavy (non-hydrogen) atoms. The molecule has 0 heterocycles. The minimum Gasteiger partial charge on any atom is -0.494 e. The molecular formula is C35H60O. The van der Waals surface area contributed by atoms with Gasteiger partial charge in [-0.3, -0.25) is 0 Å². The summed E-state index contributed by atoms with van der Waals surface area (Å²) in [5.41, 5.74) is 1.50. The summed E-state index contributed by atoms with van der Waals surface area (Å²) >= 11 is 0. The SMILES string of the molecule is CCCCCCC[C@H]1CC[C@H](CCc2ccc(OCCC[C@H]3CC[C@H](CCCCC)CC3)cc2)CC1. The van der Waals surface area contributed by atoms with E-state index in [0.29, 0.717) is 0 Å². The van der Waals surface area contributed by atoms with E-state index in [1.54, 1.807) is 0 Å². The number of aryl methyl sites for hydroxylation is 1. The van der Waals surface area contributed by atoms with Crippen LogP contribution in [-0.2, 0) is 6.42 Å². The molecule has 0 N–H and O–H groups in total. The van der Waals surface area contributed by atoms with E-state index >= 15 is 0 Å². The first-order valence-corrected chi connectivity index (χ1v) is 16.5. The normalized spacial score (nSPS) is 24.6. The lowest BCUT2D eigenvalue weighted by molar-refractivity contribution is 0.228. The summed E-state index contributed by atoms with van der Waals surface area (Å²) in [5.74, 6) is 5.05. The molecule has 0 aliphatic heterocycles. The van der Waals surface area contributed by atoms with E-state index in [1.165, 1.54) is 147 Å². The Hall–Kier alpha value is -0.980. The first kappa shape index (κ1) is 29.6. The van der Waals surface area contributed by atoms with Gasteiger partial charge in [-0.25, -0.2) is 0 Å². The van der Waals surface area contributed by atoms with Crippen LogP contribution in [0.5, 0.6) is 5.75 Å². The lowest BCUT2D eigenvalue weighted by Gasteiger charge is -2.28. The molecule has 0 unspecified atom stereocenters. The van der Waals surface area contributed by atoms with Gasteiger partial charge in [0.05, 0.1) is 6.61 Å². The Morgan fingerprint density at radius 3 is 1.53 bits per heavy atom. The third kappa shape index (κ3) is 12.0. The molecule has 206 valence electrons. The standard InChI is InChI=1S/C35H60O/c1-3-5-7-8-10-13-31-19-21-33(22-20-31)23-24-34-25-27-35(28-26-34)36-29-11-14-32-17-15-30(16-18-32)12-9-6-4-2/h25-28,30-33H,3-24,29H2,1-2H3/t30-,31-,32-,33-. The lowest BCUT2D eigenvalue weighted by atomic mass is 9.78. The topological polar surface area (TPSA) is 9.23 Å². The molecule has 0 amide bonds. The van der Waals surface area contributed by atoms with Crippen LogP contribution in [0.1, 0.15) is 154 Å².